The van der Waals surface area contributed by atoms with Gasteiger partial charge in [0.15, 0.2) is 0 Å². The second-order valence-corrected chi connectivity index (χ2v) is 5.99. The second-order valence-electron chi connectivity index (χ2n) is 5.99. The van der Waals surface area contributed by atoms with Crippen LogP contribution in [0.2, 0.25) is 0 Å². The molecule has 0 heterocycles. The van der Waals surface area contributed by atoms with Crippen LogP contribution in [-0.2, 0) is 6.54 Å². The molecule has 0 saturated heterocycles. The van der Waals surface area contributed by atoms with Crippen molar-refractivity contribution in [2.45, 2.75) is 20.4 Å². The van der Waals surface area contributed by atoms with Gasteiger partial charge in [0, 0.05) is 25.2 Å². The summed E-state index contributed by atoms with van der Waals surface area (Å²) in [5.41, 5.74) is 7.30. The SMILES string of the molecule is CN(C)CC(C)(C)CNC(=O)c1ccc(CN)cc1. The normalized spacial score (nSPS) is 11.7. The van der Waals surface area contributed by atoms with Crippen molar-refractivity contribution in [2.75, 3.05) is 27.2 Å². The average Bonchev–Trinajstić information content (AvgIpc) is 2.34. The van der Waals surface area contributed by atoms with E-state index >= 15 is 0 Å². The van der Waals surface area contributed by atoms with Crippen molar-refractivity contribution in [1.29, 1.82) is 0 Å². The molecule has 0 spiro atoms. The second kappa shape index (κ2) is 6.68. The molecule has 0 aromatic heterocycles. The van der Waals surface area contributed by atoms with Gasteiger partial charge in [0.1, 0.15) is 0 Å². The van der Waals surface area contributed by atoms with Crippen LogP contribution in [0.3, 0.4) is 0 Å². The van der Waals surface area contributed by atoms with Crippen LogP contribution in [0.1, 0.15) is 29.8 Å². The van der Waals surface area contributed by atoms with Crippen LogP contribution in [0.15, 0.2) is 24.3 Å². The summed E-state index contributed by atoms with van der Waals surface area (Å²) in [5.74, 6) is -0.0320. The largest absolute Gasteiger partial charge is 0.351 e. The topological polar surface area (TPSA) is 58.4 Å². The summed E-state index contributed by atoms with van der Waals surface area (Å²) in [5, 5.41) is 2.99. The highest BCUT2D eigenvalue weighted by Crippen LogP contribution is 2.14. The quantitative estimate of drug-likeness (QED) is 0.817. The number of nitrogens with two attached hydrogens (primary N) is 1. The molecule has 0 saturated carbocycles. The molecule has 4 nitrogen and oxygen atoms in total. The summed E-state index contributed by atoms with van der Waals surface area (Å²) in [7, 11) is 4.07. The number of amides is 1. The Labute approximate surface area is 116 Å². The minimum atomic E-state index is -0.0320. The van der Waals surface area contributed by atoms with Crippen LogP contribution in [0.5, 0.6) is 0 Å². The van der Waals surface area contributed by atoms with Crippen molar-refractivity contribution in [3.8, 4) is 0 Å². The fourth-order valence-corrected chi connectivity index (χ4v) is 2.13. The molecule has 1 amide bonds. The van der Waals surface area contributed by atoms with E-state index in [1.807, 2.05) is 38.4 Å². The van der Waals surface area contributed by atoms with Gasteiger partial charge in [-0.2, -0.15) is 0 Å². The Hall–Kier alpha value is -1.39. The van der Waals surface area contributed by atoms with Gasteiger partial charge in [0.25, 0.3) is 5.91 Å². The Balaban J connectivity index is 2.55. The van der Waals surface area contributed by atoms with Gasteiger partial charge in [-0.1, -0.05) is 26.0 Å². The molecule has 0 bridgehead atoms. The Morgan fingerprint density at radius 1 is 1.26 bits per heavy atom. The lowest BCUT2D eigenvalue weighted by molar-refractivity contribution is 0.0929. The van der Waals surface area contributed by atoms with Crippen LogP contribution < -0.4 is 11.1 Å². The number of hydrogen-bond donors (Lipinski definition) is 2. The molecular weight excluding hydrogens is 238 g/mol. The van der Waals surface area contributed by atoms with Crippen LogP contribution in [0.4, 0.5) is 0 Å². The molecule has 0 aliphatic carbocycles. The average molecular weight is 263 g/mol. The van der Waals surface area contributed by atoms with Gasteiger partial charge in [0.2, 0.25) is 0 Å². The standard InChI is InChI=1S/C15H25N3O/c1-15(2,11-18(3)4)10-17-14(19)13-7-5-12(9-16)6-8-13/h5-8H,9-11,16H2,1-4H3,(H,17,19). The van der Waals surface area contributed by atoms with Crippen molar-refractivity contribution in [3.05, 3.63) is 35.4 Å². The zero-order chi connectivity index (χ0) is 14.5. The van der Waals surface area contributed by atoms with E-state index in [1.54, 1.807) is 0 Å². The number of carbonyl (C=O) groups excluding carboxylic acids is 1. The van der Waals surface area contributed by atoms with E-state index in [-0.39, 0.29) is 11.3 Å². The first kappa shape index (κ1) is 15.7. The third kappa shape index (κ3) is 5.41. The number of hydrogen-bond acceptors (Lipinski definition) is 3. The monoisotopic (exact) mass is 263 g/mol. The van der Waals surface area contributed by atoms with Crippen molar-refractivity contribution in [1.82, 2.24) is 10.2 Å². The predicted octanol–water partition coefficient (Wildman–Crippen LogP) is 1.46. The minimum absolute atomic E-state index is 0.0320. The fraction of sp³-hybridized carbons (Fsp3) is 0.533. The van der Waals surface area contributed by atoms with E-state index in [4.69, 9.17) is 5.73 Å². The molecule has 106 valence electrons. The maximum absolute atomic E-state index is 12.0. The third-order valence-electron chi connectivity index (χ3n) is 2.92. The summed E-state index contributed by atoms with van der Waals surface area (Å²) >= 11 is 0. The summed E-state index contributed by atoms with van der Waals surface area (Å²) < 4.78 is 0. The van der Waals surface area contributed by atoms with E-state index in [2.05, 4.69) is 24.1 Å². The molecule has 0 atom stereocenters. The van der Waals surface area contributed by atoms with Crippen molar-refractivity contribution < 1.29 is 4.79 Å². The molecule has 0 aliphatic heterocycles. The predicted molar refractivity (Wildman–Crippen MR) is 79.0 cm³/mol. The first-order valence-electron chi connectivity index (χ1n) is 6.56. The first-order valence-corrected chi connectivity index (χ1v) is 6.56. The van der Waals surface area contributed by atoms with Crippen LogP contribution in [0, 0.1) is 5.41 Å². The molecule has 4 heteroatoms. The van der Waals surface area contributed by atoms with Crippen molar-refractivity contribution in [2.24, 2.45) is 11.1 Å². The Kier molecular flexibility index (Phi) is 5.51. The van der Waals surface area contributed by atoms with Gasteiger partial charge in [-0.25, -0.2) is 0 Å². The smallest absolute Gasteiger partial charge is 0.251 e. The van der Waals surface area contributed by atoms with Crippen molar-refractivity contribution >= 4 is 5.91 Å². The minimum Gasteiger partial charge on any atom is -0.351 e. The molecule has 3 N–H and O–H groups in total. The molecule has 1 rings (SSSR count). The lowest BCUT2D eigenvalue weighted by Gasteiger charge is -2.28. The first-order chi connectivity index (χ1) is 8.84. The number of nitrogens with zero attached hydrogens (tertiary/aromatic N) is 1. The third-order valence-corrected chi connectivity index (χ3v) is 2.92. The Morgan fingerprint density at radius 3 is 2.32 bits per heavy atom. The molecule has 19 heavy (non-hydrogen) atoms. The van der Waals surface area contributed by atoms with Gasteiger partial charge in [-0.05, 0) is 37.2 Å². The molecule has 0 fully saturated rings. The van der Waals surface area contributed by atoms with Gasteiger partial charge in [-0.3, -0.25) is 4.79 Å². The Bertz CT molecular complexity index is 410. The maximum Gasteiger partial charge on any atom is 0.251 e. The number of nitrogens with one attached hydrogen (secondary N) is 1. The molecule has 0 radical (unpaired) electrons. The maximum atomic E-state index is 12.0. The van der Waals surface area contributed by atoms with E-state index < -0.39 is 0 Å². The Morgan fingerprint density at radius 2 is 1.84 bits per heavy atom. The summed E-state index contributed by atoms with van der Waals surface area (Å²) in [6.45, 7) is 6.37. The zero-order valence-corrected chi connectivity index (χ0v) is 12.4. The van der Waals surface area contributed by atoms with Gasteiger partial charge < -0.3 is 16.0 Å². The van der Waals surface area contributed by atoms with Crippen molar-refractivity contribution in [3.63, 3.8) is 0 Å². The summed E-state index contributed by atoms with van der Waals surface area (Å²) in [6.07, 6.45) is 0. The van der Waals surface area contributed by atoms with E-state index in [0.29, 0.717) is 18.7 Å². The summed E-state index contributed by atoms with van der Waals surface area (Å²) in [6, 6.07) is 7.41. The number of rotatable bonds is 6. The highest BCUT2D eigenvalue weighted by atomic mass is 16.1. The highest BCUT2D eigenvalue weighted by Gasteiger charge is 2.20. The van der Waals surface area contributed by atoms with E-state index in [1.165, 1.54) is 0 Å². The highest BCUT2D eigenvalue weighted by molar-refractivity contribution is 5.94. The zero-order valence-electron chi connectivity index (χ0n) is 12.4. The van der Waals surface area contributed by atoms with Gasteiger partial charge in [-0.15, -0.1) is 0 Å². The lowest BCUT2D eigenvalue weighted by Crippen LogP contribution is -2.39. The van der Waals surface area contributed by atoms with Gasteiger partial charge in [0.05, 0.1) is 0 Å². The molecular formula is C15H25N3O. The fourth-order valence-electron chi connectivity index (χ4n) is 2.13. The van der Waals surface area contributed by atoms with E-state index in [0.717, 1.165) is 12.1 Å². The van der Waals surface area contributed by atoms with Crippen LogP contribution in [-0.4, -0.2) is 38.0 Å². The molecule has 1 aromatic rings. The van der Waals surface area contributed by atoms with Crippen LogP contribution in [0.25, 0.3) is 0 Å². The number of benzene rings is 1. The van der Waals surface area contributed by atoms with Gasteiger partial charge >= 0.3 is 0 Å². The van der Waals surface area contributed by atoms with Crippen LogP contribution >= 0.6 is 0 Å². The van der Waals surface area contributed by atoms with E-state index in [9.17, 15) is 4.79 Å². The lowest BCUT2D eigenvalue weighted by atomic mass is 9.93. The molecule has 1 aromatic carbocycles. The molecule has 0 unspecified atom stereocenters. The molecule has 0 aliphatic rings. The number of carbonyl (C=O) groups is 1. The summed E-state index contributed by atoms with van der Waals surface area (Å²) in [4.78, 5) is 14.1.